The number of benzene rings is 1. The molecule has 0 fully saturated rings. The summed E-state index contributed by atoms with van der Waals surface area (Å²) in [6.07, 6.45) is -1.65. The van der Waals surface area contributed by atoms with Crippen LogP contribution in [0.2, 0.25) is 0 Å². The molecule has 1 aromatic carbocycles. The minimum atomic E-state index is -1.47. The first-order valence-corrected chi connectivity index (χ1v) is 11.7. The van der Waals surface area contributed by atoms with Crippen LogP contribution in [0, 0.1) is 0 Å². The Bertz CT molecular complexity index is 988. The number of carboxylic acids is 3. The average molecular weight is 543 g/mol. The van der Waals surface area contributed by atoms with E-state index in [4.69, 9.17) is 15.9 Å². The van der Waals surface area contributed by atoms with Crippen molar-refractivity contribution in [3.8, 4) is 5.75 Å². The standard InChI is InChI=1S/C22H30N4O10S/c23-13(5-7-17(28)29)19(32)26-16(10-37)21(34)24-14(6-8-18(30)31)20(33)25-15(22(35)36)9-11-1-3-12(27)4-2-11/h1-4,13-16,27,37H,5-10,23H2,(H,24,34)(H,25,33)(H,26,32)(H,28,29)(H,30,31)(H,35,36). The molecule has 0 radical (unpaired) electrons. The van der Waals surface area contributed by atoms with Crippen molar-refractivity contribution in [2.24, 2.45) is 5.73 Å². The number of carbonyl (C=O) groups is 6. The van der Waals surface area contributed by atoms with E-state index < -0.39 is 66.2 Å². The maximum atomic E-state index is 12.8. The summed E-state index contributed by atoms with van der Waals surface area (Å²) in [7, 11) is 0. The number of nitrogens with two attached hydrogens (primary N) is 1. The summed E-state index contributed by atoms with van der Waals surface area (Å²) in [5, 5.41) is 43.4. The molecule has 0 aliphatic carbocycles. The molecule has 1 rings (SSSR count). The van der Waals surface area contributed by atoms with Crippen molar-refractivity contribution in [1.29, 1.82) is 0 Å². The summed E-state index contributed by atoms with van der Waals surface area (Å²) in [5.41, 5.74) is 6.10. The lowest BCUT2D eigenvalue weighted by Gasteiger charge is -2.24. The van der Waals surface area contributed by atoms with Crippen LogP contribution in [0.4, 0.5) is 0 Å². The topological polar surface area (TPSA) is 245 Å². The predicted octanol–water partition coefficient (Wildman–Crippen LogP) is -1.54. The van der Waals surface area contributed by atoms with Crippen LogP contribution in [0.15, 0.2) is 24.3 Å². The molecule has 0 aromatic heterocycles. The third-order valence-corrected chi connectivity index (χ3v) is 5.46. The first-order valence-electron chi connectivity index (χ1n) is 11.1. The maximum Gasteiger partial charge on any atom is 0.326 e. The van der Waals surface area contributed by atoms with Crippen LogP contribution in [0.25, 0.3) is 0 Å². The van der Waals surface area contributed by atoms with Crippen molar-refractivity contribution >= 4 is 48.3 Å². The Kier molecular flexibility index (Phi) is 12.9. The van der Waals surface area contributed by atoms with Crippen LogP contribution >= 0.6 is 12.6 Å². The number of aromatic hydroxyl groups is 1. The van der Waals surface area contributed by atoms with E-state index in [1.807, 2.05) is 0 Å². The van der Waals surface area contributed by atoms with Gasteiger partial charge in [0.2, 0.25) is 17.7 Å². The Morgan fingerprint density at radius 1 is 0.757 bits per heavy atom. The van der Waals surface area contributed by atoms with Crippen LogP contribution < -0.4 is 21.7 Å². The molecule has 37 heavy (non-hydrogen) atoms. The fraction of sp³-hybridized carbons (Fsp3) is 0.455. The average Bonchev–Trinajstić information content (AvgIpc) is 2.83. The fourth-order valence-corrected chi connectivity index (χ4v) is 3.29. The van der Waals surface area contributed by atoms with Gasteiger partial charge in [0.15, 0.2) is 0 Å². The molecule has 0 saturated heterocycles. The number of carboxylic acid groups (broad SMARTS) is 3. The molecule has 0 bridgehead atoms. The summed E-state index contributed by atoms with van der Waals surface area (Å²) in [6, 6.07) is 0.160. The van der Waals surface area contributed by atoms with Gasteiger partial charge in [-0.2, -0.15) is 12.6 Å². The number of phenols is 1. The minimum Gasteiger partial charge on any atom is -0.508 e. The summed E-state index contributed by atoms with van der Waals surface area (Å²) in [5.74, 6) is -6.81. The van der Waals surface area contributed by atoms with Gasteiger partial charge >= 0.3 is 17.9 Å². The second kappa shape index (κ2) is 15.3. The number of hydrogen-bond donors (Lipinski definition) is 9. The number of aliphatic carboxylic acids is 3. The number of rotatable bonds is 16. The second-order valence-corrected chi connectivity index (χ2v) is 8.41. The third-order valence-electron chi connectivity index (χ3n) is 5.09. The van der Waals surface area contributed by atoms with E-state index in [-0.39, 0.29) is 37.2 Å². The van der Waals surface area contributed by atoms with E-state index in [0.29, 0.717) is 5.56 Å². The Hall–Kier alpha value is -3.85. The molecule has 4 unspecified atom stereocenters. The van der Waals surface area contributed by atoms with Crippen LogP contribution in [-0.2, 0) is 35.2 Å². The van der Waals surface area contributed by atoms with Crippen molar-refractivity contribution in [3.05, 3.63) is 29.8 Å². The molecule has 0 spiro atoms. The third kappa shape index (κ3) is 11.6. The smallest absolute Gasteiger partial charge is 0.326 e. The lowest BCUT2D eigenvalue weighted by molar-refractivity contribution is -0.143. The fourth-order valence-electron chi connectivity index (χ4n) is 3.03. The zero-order valence-electron chi connectivity index (χ0n) is 19.6. The number of thiol groups is 1. The van der Waals surface area contributed by atoms with E-state index >= 15 is 0 Å². The van der Waals surface area contributed by atoms with Gasteiger partial charge in [-0.3, -0.25) is 24.0 Å². The monoisotopic (exact) mass is 542 g/mol. The normalized spacial score (nSPS) is 13.9. The highest BCUT2D eigenvalue weighted by Crippen LogP contribution is 2.12. The second-order valence-electron chi connectivity index (χ2n) is 8.05. The number of carbonyl (C=O) groups excluding carboxylic acids is 3. The number of nitrogens with one attached hydrogen (secondary N) is 3. The Morgan fingerprint density at radius 3 is 1.76 bits per heavy atom. The number of amides is 3. The van der Waals surface area contributed by atoms with Crippen LogP contribution in [0.5, 0.6) is 5.75 Å². The molecule has 14 nitrogen and oxygen atoms in total. The molecule has 3 amide bonds. The predicted molar refractivity (Wildman–Crippen MR) is 131 cm³/mol. The van der Waals surface area contributed by atoms with Crippen molar-refractivity contribution in [2.75, 3.05) is 5.75 Å². The molecule has 0 saturated carbocycles. The van der Waals surface area contributed by atoms with Crippen molar-refractivity contribution in [1.82, 2.24) is 16.0 Å². The van der Waals surface area contributed by atoms with E-state index in [1.165, 1.54) is 24.3 Å². The van der Waals surface area contributed by atoms with E-state index in [2.05, 4.69) is 28.6 Å². The molecule has 4 atom stereocenters. The molecule has 0 aliphatic rings. The van der Waals surface area contributed by atoms with Crippen molar-refractivity contribution in [2.45, 2.75) is 56.3 Å². The van der Waals surface area contributed by atoms with Gasteiger partial charge in [0.1, 0.15) is 23.9 Å². The molecular weight excluding hydrogens is 512 g/mol. The van der Waals surface area contributed by atoms with Gasteiger partial charge in [0, 0.05) is 25.0 Å². The SMILES string of the molecule is NC(CCC(=O)O)C(=O)NC(CS)C(=O)NC(CCC(=O)O)C(=O)NC(Cc1ccc(O)cc1)C(=O)O. The zero-order valence-corrected chi connectivity index (χ0v) is 20.5. The molecule has 0 heterocycles. The highest BCUT2D eigenvalue weighted by molar-refractivity contribution is 7.80. The molecule has 9 N–H and O–H groups in total. The molecular formula is C22H30N4O10S. The number of hydrogen-bond acceptors (Lipinski definition) is 9. The van der Waals surface area contributed by atoms with Crippen LogP contribution in [-0.4, -0.2) is 86.0 Å². The zero-order chi connectivity index (χ0) is 28.1. The Labute approximate surface area is 217 Å². The molecule has 0 aliphatic heterocycles. The summed E-state index contributed by atoms with van der Waals surface area (Å²) in [6.45, 7) is 0. The van der Waals surface area contributed by atoms with Crippen LogP contribution in [0.3, 0.4) is 0 Å². The van der Waals surface area contributed by atoms with Gasteiger partial charge in [0.25, 0.3) is 0 Å². The molecule has 204 valence electrons. The summed E-state index contributed by atoms with van der Waals surface area (Å²) in [4.78, 5) is 71.2. The Balaban J connectivity index is 2.93. The van der Waals surface area contributed by atoms with E-state index in [1.54, 1.807) is 0 Å². The van der Waals surface area contributed by atoms with Gasteiger partial charge in [-0.25, -0.2) is 4.79 Å². The van der Waals surface area contributed by atoms with Gasteiger partial charge < -0.3 is 42.1 Å². The first-order chi connectivity index (χ1) is 17.3. The largest absolute Gasteiger partial charge is 0.508 e. The van der Waals surface area contributed by atoms with Crippen molar-refractivity contribution < 1.29 is 49.2 Å². The first kappa shape index (κ1) is 31.2. The van der Waals surface area contributed by atoms with Crippen LogP contribution in [0.1, 0.15) is 31.2 Å². The van der Waals surface area contributed by atoms with Gasteiger partial charge in [-0.15, -0.1) is 0 Å². The van der Waals surface area contributed by atoms with Gasteiger partial charge in [0.05, 0.1) is 6.04 Å². The Morgan fingerprint density at radius 2 is 1.24 bits per heavy atom. The summed E-state index contributed by atoms with van der Waals surface area (Å²) < 4.78 is 0. The lowest BCUT2D eigenvalue weighted by atomic mass is 10.0. The molecule has 15 heteroatoms. The van der Waals surface area contributed by atoms with Crippen molar-refractivity contribution in [3.63, 3.8) is 0 Å². The maximum absolute atomic E-state index is 12.8. The highest BCUT2D eigenvalue weighted by Gasteiger charge is 2.30. The van der Waals surface area contributed by atoms with E-state index in [0.717, 1.165) is 0 Å². The quantitative estimate of drug-likeness (QED) is 0.108. The minimum absolute atomic E-state index is 0.0372. The lowest BCUT2D eigenvalue weighted by Crippen LogP contribution is -2.57. The number of phenolic OH excluding ortho intramolecular Hbond substituents is 1. The summed E-state index contributed by atoms with van der Waals surface area (Å²) >= 11 is 3.99. The van der Waals surface area contributed by atoms with E-state index in [9.17, 15) is 39.0 Å². The van der Waals surface area contributed by atoms with Gasteiger partial charge in [-0.05, 0) is 30.5 Å². The highest BCUT2D eigenvalue weighted by atomic mass is 32.1. The van der Waals surface area contributed by atoms with Gasteiger partial charge in [-0.1, -0.05) is 12.1 Å². The molecule has 1 aromatic rings.